The number of ether oxygens (including phenoxy) is 2. The van der Waals surface area contributed by atoms with Gasteiger partial charge >= 0.3 is 0 Å². The van der Waals surface area contributed by atoms with Crippen molar-refractivity contribution in [2.24, 2.45) is 0 Å². The van der Waals surface area contributed by atoms with E-state index in [2.05, 4.69) is 4.90 Å². The maximum Gasteiger partial charge on any atom is 0.161 e. The number of methoxy groups -OCH3 is 2. The number of hydrogen-bond acceptors (Lipinski definition) is 4. The number of nitrogens with zero attached hydrogens (tertiary/aromatic N) is 1. The lowest BCUT2D eigenvalue weighted by molar-refractivity contribution is 0.354. The van der Waals surface area contributed by atoms with Gasteiger partial charge in [0.2, 0.25) is 0 Å². The van der Waals surface area contributed by atoms with E-state index in [1.807, 2.05) is 49.5 Å². The van der Waals surface area contributed by atoms with Crippen molar-refractivity contribution < 1.29 is 9.47 Å². The van der Waals surface area contributed by atoms with Crippen LogP contribution in [-0.4, -0.2) is 21.3 Å². The van der Waals surface area contributed by atoms with Gasteiger partial charge in [-0.1, -0.05) is 12.1 Å². The minimum absolute atomic E-state index is 0.739. The van der Waals surface area contributed by atoms with Crippen LogP contribution in [0.1, 0.15) is 5.56 Å². The summed E-state index contributed by atoms with van der Waals surface area (Å²) in [7, 11) is 5.31. The predicted molar refractivity (Wildman–Crippen MR) is 82.5 cm³/mol. The summed E-state index contributed by atoms with van der Waals surface area (Å²) in [6.07, 6.45) is 0. The third kappa shape index (κ3) is 3.15. The fourth-order valence-corrected chi connectivity index (χ4v) is 2.11. The van der Waals surface area contributed by atoms with Crippen molar-refractivity contribution in [1.29, 1.82) is 0 Å². The zero-order valence-corrected chi connectivity index (χ0v) is 12.1. The standard InChI is InChI=1S/C16H20N2O2/c1-18(14-6-4-5-13(17)10-14)11-12-7-8-15(19-2)16(9-12)20-3/h4-10H,11,17H2,1-3H3. The molecular formula is C16H20N2O2. The van der Waals surface area contributed by atoms with E-state index in [1.165, 1.54) is 0 Å². The molecule has 0 saturated heterocycles. The molecule has 0 amide bonds. The van der Waals surface area contributed by atoms with Crippen LogP contribution in [0.25, 0.3) is 0 Å². The summed E-state index contributed by atoms with van der Waals surface area (Å²) in [5, 5.41) is 0. The van der Waals surface area contributed by atoms with Crippen LogP contribution in [0.15, 0.2) is 42.5 Å². The molecule has 0 saturated carbocycles. The molecule has 0 aromatic heterocycles. The lowest BCUT2D eigenvalue weighted by Crippen LogP contribution is -2.16. The van der Waals surface area contributed by atoms with Gasteiger partial charge in [-0.15, -0.1) is 0 Å². The second-order valence-corrected chi connectivity index (χ2v) is 4.64. The molecule has 0 bridgehead atoms. The highest BCUT2D eigenvalue weighted by Crippen LogP contribution is 2.28. The molecule has 106 valence electrons. The molecule has 2 aromatic carbocycles. The summed E-state index contributed by atoms with van der Waals surface area (Å²) >= 11 is 0. The summed E-state index contributed by atoms with van der Waals surface area (Å²) in [5.74, 6) is 1.48. The predicted octanol–water partition coefficient (Wildman–Crippen LogP) is 2.92. The lowest BCUT2D eigenvalue weighted by atomic mass is 10.1. The zero-order chi connectivity index (χ0) is 14.5. The fraction of sp³-hybridized carbons (Fsp3) is 0.250. The molecule has 4 nitrogen and oxygen atoms in total. The summed E-state index contributed by atoms with van der Waals surface area (Å²) in [4.78, 5) is 2.14. The minimum Gasteiger partial charge on any atom is -0.493 e. The molecule has 2 rings (SSSR count). The Labute approximate surface area is 119 Å². The molecule has 0 radical (unpaired) electrons. The van der Waals surface area contributed by atoms with Crippen molar-refractivity contribution in [1.82, 2.24) is 0 Å². The van der Waals surface area contributed by atoms with E-state index in [9.17, 15) is 0 Å². The largest absolute Gasteiger partial charge is 0.493 e. The average molecular weight is 272 g/mol. The summed E-state index contributed by atoms with van der Waals surface area (Å²) < 4.78 is 10.6. The number of anilines is 2. The van der Waals surface area contributed by atoms with Gasteiger partial charge in [0.1, 0.15) is 0 Å². The molecule has 0 aliphatic rings. The zero-order valence-electron chi connectivity index (χ0n) is 12.1. The normalized spacial score (nSPS) is 10.2. The Morgan fingerprint density at radius 2 is 1.75 bits per heavy atom. The van der Waals surface area contributed by atoms with Crippen LogP contribution in [-0.2, 0) is 6.54 Å². The highest BCUT2D eigenvalue weighted by Gasteiger charge is 2.07. The first-order chi connectivity index (χ1) is 9.63. The third-order valence-corrected chi connectivity index (χ3v) is 3.18. The first kappa shape index (κ1) is 14.1. The summed E-state index contributed by atoms with van der Waals surface area (Å²) in [6, 6.07) is 13.8. The molecule has 0 unspecified atom stereocenters. The van der Waals surface area contributed by atoms with Gasteiger partial charge in [-0.2, -0.15) is 0 Å². The molecule has 0 spiro atoms. The summed E-state index contributed by atoms with van der Waals surface area (Å²) in [6.45, 7) is 0.768. The van der Waals surface area contributed by atoms with Crippen LogP contribution in [0.2, 0.25) is 0 Å². The lowest BCUT2D eigenvalue weighted by Gasteiger charge is -2.20. The summed E-state index contributed by atoms with van der Waals surface area (Å²) in [5.41, 5.74) is 8.80. The van der Waals surface area contributed by atoms with Gasteiger partial charge in [-0.3, -0.25) is 0 Å². The minimum atomic E-state index is 0.739. The maximum atomic E-state index is 5.81. The van der Waals surface area contributed by atoms with Crippen molar-refractivity contribution >= 4 is 11.4 Å². The maximum absolute atomic E-state index is 5.81. The van der Waals surface area contributed by atoms with Crippen molar-refractivity contribution in [3.8, 4) is 11.5 Å². The highest BCUT2D eigenvalue weighted by molar-refractivity contribution is 5.56. The van der Waals surface area contributed by atoms with E-state index in [0.29, 0.717) is 0 Å². The monoisotopic (exact) mass is 272 g/mol. The first-order valence-corrected chi connectivity index (χ1v) is 6.41. The number of nitrogen functional groups attached to an aromatic ring is 1. The van der Waals surface area contributed by atoms with Crippen molar-refractivity contribution in [3.63, 3.8) is 0 Å². The van der Waals surface area contributed by atoms with Gasteiger partial charge in [0, 0.05) is 25.0 Å². The molecule has 0 fully saturated rings. The Bertz CT molecular complexity index is 584. The highest BCUT2D eigenvalue weighted by atomic mass is 16.5. The van der Waals surface area contributed by atoms with Crippen LogP contribution in [0.4, 0.5) is 11.4 Å². The molecule has 2 aromatic rings. The van der Waals surface area contributed by atoms with E-state index >= 15 is 0 Å². The van der Waals surface area contributed by atoms with Gasteiger partial charge in [0.25, 0.3) is 0 Å². The Balaban J connectivity index is 2.17. The van der Waals surface area contributed by atoms with Gasteiger partial charge in [0.15, 0.2) is 11.5 Å². The van der Waals surface area contributed by atoms with Gasteiger partial charge in [-0.25, -0.2) is 0 Å². The van der Waals surface area contributed by atoms with Crippen LogP contribution in [0.3, 0.4) is 0 Å². The molecular weight excluding hydrogens is 252 g/mol. The number of benzene rings is 2. The molecule has 0 aliphatic carbocycles. The fourth-order valence-electron chi connectivity index (χ4n) is 2.11. The molecule has 2 N–H and O–H groups in total. The van der Waals surface area contributed by atoms with E-state index in [4.69, 9.17) is 15.2 Å². The molecule has 4 heteroatoms. The van der Waals surface area contributed by atoms with E-state index in [0.717, 1.165) is 35.0 Å². The molecule has 0 heterocycles. The van der Waals surface area contributed by atoms with Crippen molar-refractivity contribution in [2.75, 3.05) is 31.9 Å². The topological polar surface area (TPSA) is 47.7 Å². The third-order valence-electron chi connectivity index (χ3n) is 3.18. The molecule has 0 atom stereocenters. The quantitative estimate of drug-likeness (QED) is 0.850. The molecule has 20 heavy (non-hydrogen) atoms. The second kappa shape index (κ2) is 6.19. The van der Waals surface area contributed by atoms with Gasteiger partial charge in [-0.05, 0) is 35.9 Å². The van der Waals surface area contributed by atoms with Gasteiger partial charge < -0.3 is 20.1 Å². The van der Waals surface area contributed by atoms with E-state index < -0.39 is 0 Å². The number of nitrogens with two attached hydrogens (primary N) is 1. The Hall–Kier alpha value is -2.36. The smallest absolute Gasteiger partial charge is 0.161 e. The first-order valence-electron chi connectivity index (χ1n) is 6.41. The van der Waals surface area contributed by atoms with Gasteiger partial charge in [0.05, 0.1) is 14.2 Å². The van der Waals surface area contributed by atoms with Crippen LogP contribution >= 0.6 is 0 Å². The van der Waals surface area contributed by atoms with Crippen molar-refractivity contribution in [2.45, 2.75) is 6.54 Å². The Morgan fingerprint density at radius 1 is 1.00 bits per heavy atom. The second-order valence-electron chi connectivity index (χ2n) is 4.64. The van der Waals surface area contributed by atoms with Crippen molar-refractivity contribution in [3.05, 3.63) is 48.0 Å². The number of rotatable bonds is 5. The SMILES string of the molecule is COc1ccc(CN(C)c2cccc(N)c2)cc1OC. The van der Waals surface area contributed by atoms with Crippen LogP contribution in [0.5, 0.6) is 11.5 Å². The van der Waals surface area contributed by atoms with E-state index in [-0.39, 0.29) is 0 Å². The Morgan fingerprint density at radius 3 is 2.40 bits per heavy atom. The average Bonchev–Trinajstić information content (AvgIpc) is 2.47. The van der Waals surface area contributed by atoms with Crippen LogP contribution < -0.4 is 20.1 Å². The van der Waals surface area contributed by atoms with Crippen LogP contribution in [0, 0.1) is 0 Å². The Kier molecular flexibility index (Phi) is 4.35. The number of hydrogen-bond donors (Lipinski definition) is 1. The van der Waals surface area contributed by atoms with E-state index in [1.54, 1.807) is 14.2 Å². The molecule has 0 aliphatic heterocycles.